The Labute approximate surface area is 113 Å². The quantitative estimate of drug-likeness (QED) is 0.619. The number of rotatable bonds is 7. The number of carboxylic acids is 1. The van der Waals surface area contributed by atoms with E-state index in [4.69, 9.17) is 5.11 Å². The summed E-state index contributed by atoms with van der Waals surface area (Å²) < 4.78 is 0. The average Bonchev–Trinajstić information content (AvgIpc) is 2.34. The Bertz CT molecular complexity index is 331. The molecule has 0 rings (SSSR count). The molecule has 0 aromatic heterocycles. The first-order valence-electron chi connectivity index (χ1n) is 6.26. The van der Waals surface area contributed by atoms with Gasteiger partial charge in [-0.2, -0.15) is 0 Å². The number of hydrogen-bond donors (Lipinski definition) is 3. The van der Waals surface area contributed by atoms with Gasteiger partial charge in [-0.25, -0.2) is 9.59 Å². The van der Waals surface area contributed by atoms with Crippen molar-refractivity contribution in [1.82, 2.24) is 15.5 Å². The van der Waals surface area contributed by atoms with Crippen LogP contribution in [-0.2, 0) is 9.59 Å². The van der Waals surface area contributed by atoms with E-state index in [-0.39, 0.29) is 24.8 Å². The lowest BCUT2D eigenvalue weighted by atomic mass is 9.99. The third-order valence-electron chi connectivity index (χ3n) is 2.89. The van der Waals surface area contributed by atoms with Crippen molar-refractivity contribution in [2.45, 2.75) is 32.7 Å². The Morgan fingerprint density at radius 3 is 2.26 bits per heavy atom. The smallest absolute Gasteiger partial charge is 0.326 e. The number of hydrogen-bond acceptors (Lipinski definition) is 3. The number of amides is 3. The van der Waals surface area contributed by atoms with Gasteiger partial charge in [-0.3, -0.25) is 4.79 Å². The zero-order valence-electron chi connectivity index (χ0n) is 11.9. The van der Waals surface area contributed by atoms with E-state index in [0.717, 1.165) is 0 Å². The molecule has 2 atom stereocenters. The van der Waals surface area contributed by atoms with Crippen LogP contribution in [0.15, 0.2) is 0 Å². The molecule has 0 aliphatic heterocycles. The monoisotopic (exact) mass is 273 g/mol. The summed E-state index contributed by atoms with van der Waals surface area (Å²) in [6.07, 6.45) is 0.831. The van der Waals surface area contributed by atoms with E-state index in [1.807, 2.05) is 6.92 Å². The summed E-state index contributed by atoms with van der Waals surface area (Å²) in [4.78, 5) is 35.2. The van der Waals surface area contributed by atoms with E-state index in [1.165, 1.54) is 4.90 Å². The molecule has 0 radical (unpaired) electrons. The third-order valence-corrected chi connectivity index (χ3v) is 2.89. The Morgan fingerprint density at radius 2 is 1.84 bits per heavy atom. The maximum atomic E-state index is 11.5. The summed E-state index contributed by atoms with van der Waals surface area (Å²) in [6.45, 7) is 3.79. The molecular weight excluding hydrogens is 250 g/mol. The molecule has 0 saturated carbocycles. The predicted octanol–water partition coefficient (Wildman–Crippen LogP) is 0.263. The van der Waals surface area contributed by atoms with Gasteiger partial charge in [0.1, 0.15) is 6.04 Å². The van der Waals surface area contributed by atoms with Gasteiger partial charge >= 0.3 is 12.0 Å². The number of nitrogens with zero attached hydrogens (tertiary/aromatic N) is 1. The number of carbonyl (C=O) groups is 3. The highest BCUT2D eigenvalue weighted by atomic mass is 16.4. The zero-order chi connectivity index (χ0) is 15.0. The Morgan fingerprint density at radius 1 is 1.26 bits per heavy atom. The Kier molecular flexibility index (Phi) is 7.55. The largest absolute Gasteiger partial charge is 0.480 e. The third kappa shape index (κ3) is 6.64. The molecule has 7 nitrogen and oxygen atoms in total. The van der Waals surface area contributed by atoms with Crippen LogP contribution in [0.1, 0.15) is 26.7 Å². The van der Waals surface area contributed by atoms with Crippen molar-refractivity contribution in [3.05, 3.63) is 0 Å². The van der Waals surface area contributed by atoms with Gasteiger partial charge in [-0.05, 0) is 5.92 Å². The second kappa shape index (κ2) is 8.34. The van der Waals surface area contributed by atoms with Gasteiger partial charge in [0.15, 0.2) is 0 Å². The topological polar surface area (TPSA) is 98.7 Å². The molecule has 0 aromatic carbocycles. The number of carbonyl (C=O) groups excluding carboxylic acids is 2. The molecular formula is C12H23N3O4. The normalized spacial score (nSPS) is 13.3. The van der Waals surface area contributed by atoms with Gasteiger partial charge in [-0.15, -0.1) is 0 Å². The molecule has 0 saturated heterocycles. The van der Waals surface area contributed by atoms with Crippen LogP contribution in [0.25, 0.3) is 0 Å². The Balaban J connectivity index is 4.14. The van der Waals surface area contributed by atoms with E-state index in [1.54, 1.807) is 21.0 Å². The molecule has 0 bridgehead atoms. The number of urea groups is 1. The van der Waals surface area contributed by atoms with Crippen molar-refractivity contribution in [3.8, 4) is 0 Å². The summed E-state index contributed by atoms with van der Waals surface area (Å²) in [5.41, 5.74) is 0. The highest BCUT2D eigenvalue weighted by molar-refractivity contribution is 5.83. The molecule has 0 unspecified atom stereocenters. The standard InChI is InChI=1S/C12H23N3O4/c1-5-8(2)10(11(17)18)14-12(19)13-7-6-9(16)15(3)4/h8,10H,5-7H2,1-4H3,(H,17,18)(H2,13,14,19)/t8-,10-/m0/s1. The minimum absolute atomic E-state index is 0.1000. The summed E-state index contributed by atoms with van der Waals surface area (Å²) in [7, 11) is 3.26. The van der Waals surface area contributed by atoms with E-state index < -0.39 is 18.0 Å². The zero-order valence-corrected chi connectivity index (χ0v) is 11.9. The Hall–Kier alpha value is -1.79. The molecule has 110 valence electrons. The van der Waals surface area contributed by atoms with E-state index >= 15 is 0 Å². The van der Waals surface area contributed by atoms with Gasteiger partial charge in [-0.1, -0.05) is 20.3 Å². The lowest BCUT2D eigenvalue weighted by Crippen LogP contribution is -2.49. The van der Waals surface area contributed by atoms with Crippen LogP contribution >= 0.6 is 0 Å². The van der Waals surface area contributed by atoms with Gasteiger partial charge < -0.3 is 20.6 Å². The van der Waals surface area contributed by atoms with Crippen LogP contribution in [0, 0.1) is 5.92 Å². The lowest BCUT2D eigenvalue weighted by Gasteiger charge is -2.20. The molecule has 0 fully saturated rings. The van der Waals surface area contributed by atoms with Crippen molar-refractivity contribution >= 4 is 17.9 Å². The van der Waals surface area contributed by atoms with Crippen LogP contribution in [0.2, 0.25) is 0 Å². The molecule has 0 spiro atoms. The molecule has 0 heterocycles. The molecule has 3 amide bonds. The van der Waals surface area contributed by atoms with Crippen LogP contribution in [0.3, 0.4) is 0 Å². The first kappa shape index (κ1) is 17.2. The molecule has 19 heavy (non-hydrogen) atoms. The van der Waals surface area contributed by atoms with Crippen molar-refractivity contribution in [1.29, 1.82) is 0 Å². The van der Waals surface area contributed by atoms with Gasteiger partial charge in [0.25, 0.3) is 0 Å². The second-order valence-electron chi connectivity index (χ2n) is 4.64. The summed E-state index contributed by atoms with van der Waals surface area (Å²) in [5, 5.41) is 13.9. The van der Waals surface area contributed by atoms with Gasteiger partial charge in [0.05, 0.1) is 0 Å². The average molecular weight is 273 g/mol. The summed E-state index contributed by atoms with van der Waals surface area (Å²) in [5.74, 6) is -1.32. The van der Waals surface area contributed by atoms with Crippen LogP contribution in [0.4, 0.5) is 4.79 Å². The second-order valence-corrected chi connectivity index (χ2v) is 4.64. The van der Waals surface area contributed by atoms with E-state index in [0.29, 0.717) is 6.42 Å². The molecule has 0 aliphatic rings. The minimum atomic E-state index is -1.06. The van der Waals surface area contributed by atoms with Crippen LogP contribution in [0.5, 0.6) is 0 Å². The molecule has 3 N–H and O–H groups in total. The fourth-order valence-electron chi connectivity index (χ4n) is 1.38. The number of aliphatic carboxylic acids is 1. The van der Waals surface area contributed by atoms with Crippen molar-refractivity contribution in [3.63, 3.8) is 0 Å². The fraction of sp³-hybridized carbons (Fsp3) is 0.750. The predicted molar refractivity (Wildman–Crippen MR) is 70.7 cm³/mol. The molecule has 7 heteroatoms. The van der Waals surface area contributed by atoms with Crippen molar-refractivity contribution in [2.24, 2.45) is 5.92 Å². The molecule has 0 aromatic rings. The maximum absolute atomic E-state index is 11.5. The fourth-order valence-corrected chi connectivity index (χ4v) is 1.38. The van der Waals surface area contributed by atoms with Crippen molar-refractivity contribution in [2.75, 3.05) is 20.6 Å². The number of carboxylic acid groups (broad SMARTS) is 1. The van der Waals surface area contributed by atoms with Gasteiger partial charge in [0.2, 0.25) is 5.91 Å². The lowest BCUT2D eigenvalue weighted by molar-refractivity contribution is -0.140. The minimum Gasteiger partial charge on any atom is -0.480 e. The number of nitrogens with one attached hydrogen (secondary N) is 2. The highest BCUT2D eigenvalue weighted by Crippen LogP contribution is 2.07. The van der Waals surface area contributed by atoms with Crippen LogP contribution < -0.4 is 10.6 Å². The first-order chi connectivity index (χ1) is 8.79. The molecule has 0 aliphatic carbocycles. The van der Waals surface area contributed by atoms with Gasteiger partial charge in [0, 0.05) is 27.1 Å². The summed E-state index contributed by atoms with van der Waals surface area (Å²) >= 11 is 0. The maximum Gasteiger partial charge on any atom is 0.326 e. The summed E-state index contributed by atoms with van der Waals surface area (Å²) in [6, 6.07) is -1.49. The first-order valence-corrected chi connectivity index (χ1v) is 6.26. The van der Waals surface area contributed by atoms with Crippen LogP contribution in [-0.4, -0.2) is 54.6 Å². The SMILES string of the molecule is CC[C@H](C)[C@H](NC(=O)NCCC(=O)N(C)C)C(=O)O. The highest BCUT2D eigenvalue weighted by Gasteiger charge is 2.25. The van der Waals surface area contributed by atoms with Crippen molar-refractivity contribution < 1.29 is 19.5 Å². The van der Waals surface area contributed by atoms with E-state index in [2.05, 4.69) is 10.6 Å². The van der Waals surface area contributed by atoms with E-state index in [9.17, 15) is 14.4 Å².